The van der Waals surface area contributed by atoms with Gasteiger partial charge < -0.3 is 9.47 Å². The summed E-state index contributed by atoms with van der Waals surface area (Å²) in [5.41, 5.74) is 2.66. The summed E-state index contributed by atoms with van der Waals surface area (Å²) in [4.78, 5) is 11.7. The number of ether oxygens (including phenoxy) is 2. The predicted octanol–water partition coefficient (Wildman–Crippen LogP) is 4.12. The van der Waals surface area contributed by atoms with E-state index >= 15 is 0 Å². The first-order valence-corrected chi connectivity index (χ1v) is 6.95. The Hall–Kier alpha value is -1.81. The van der Waals surface area contributed by atoms with Crippen molar-refractivity contribution in [2.45, 2.75) is 13.5 Å². The first-order valence-electron chi connectivity index (χ1n) is 6.16. The van der Waals surface area contributed by atoms with E-state index in [1.807, 2.05) is 37.3 Å². The van der Waals surface area contributed by atoms with Gasteiger partial charge in [0.05, 0.1) is 7.11 Å². The van der Waals surface area contributed by atoms with E-state index in [0.29, 0.717) is 17.9 Å². The molecule has 20 heavy (non-hydrogen) atoms. The number of hydrogen-bond donors (Lipinski definition) is 0. The summed E-state index contributed by atoms with van der Waals surface area (Å²) in [6, 6.07) is 13.3. The van der Waals surface area contributed by atoms with Gasteiger partial charge in [-0.25, -0.2) is 4.79 Å². The van der Waals surface area contributed by atoms with Gasteiger partial charge in [0.15, 0.2) is 0 Å². The number of benzene rings is 2. The summed E-state index contributed by atoms with van der Waals surface area (Å²) in [5.74, 6) is 0.103. The molecule has 0 heterocycles. The van der Waals surface area contributed by atoms with Crippen LogP contribution in [0.2, 0.25) is 0 Å². The van der Waals surface area contributed by atoms with Crippen molar-refractivity contribution >= 4 is 21.9 Å². The molecule has 0 aromatic heterocycles. The summed E-state index contributed by atoms with van der Waals surface area (Å²) in [5, 5.41) is 0. The molecule has 0 unspecified atom stereocenters. The molecule has 0 aliphatic rings. The number of hydrogen-bond acceptors (Lipinski definition) is 3. The molecule has 2 aromatic carbocycles. The highest BCUT2D eigenvalue weighted by Gasteiger charge is 2.13. The molecule has 3 nitrogen and oxygen atoms in total. The van der Waals surface area contributed by atoms with Gasteiger partial charge in [0.2, 0.25) is 0 Å². The molecule has 0 aliphatic carbocycles. The van der Waals surface area contributed by atoms with Crippen LogP contribution in [0.5, 0.6) is 5.75 Å². The minimum atomic E-state index is -0.412. The number of halogens is 1. The molecule has 0 radical (unpaired) electrons. The summed E-state index contributed by atoms with van der Waals surface area (Å²) in [6.07, 6.45) is 0. The lowest BCUT2D eigenvalue weighted by Gasteiger charge is -2.11. The molecule has 0 spiro atoms. The molecule has 0 fully saturated rings. The van der Waals surface area contributed by atoms with E-state index in [9.17, 15) is 4.79 Å². The quantitative estimate of drug-likeness (QED) is 0.789. The predicted molar refractivity (Wildman–Crippen MR) is 81.0 cm³/mol. The molecule has 2 rings (SSSR count). The number of carbonyl (C=O) groups excluding carboxylic acids is 1. The summed E-state index contributed by atoms with van der Waals surface area (Å²) in [6.45, 7) is 2.45. The summed E-state index contributed by atoms with van der Waals surface area (Å²) >= 11 is 3.33. The summed E-state index contributed by atoms with van der Waals surface area (Å²) in [7, 11) is 1.35. The number of methoxy groups -OCH3 is 1. The van der Waals surface area contributed by atoms with Gasteiger partial charge >= 0.3 is 5.97 Å². The molecule has 0 saturated heterocycles. The Morgan fingerprint density at radius 1 is 1.15 bits per heavy atom. The molecule has 0 aliphatic heterocycles. The van der Waals surface area contributed by atoms with Crippen LogP contribution in [0.15, 0.2) is 46.9 Å². The van der Waals surface area contributed by atoms with Gasteiger partial charge in [-0.05, 0) is 30.7 Å². The van der Waals surface area contributed by atoms with E-state index in [-0.39, 0.29) is 0 Å². The van der Waals surface area contributed by atoms with Crippen molar-refractivity contribution in [3.05, 3.63) is 63.6 Å². The average molecular weight is 335 g/mol. The van der Waals surface area contributed by atoms with Crippen molar-refractivity contribution in [2.75, 3.05) is 7.11 Å². The Morgan fingerprint density at radius 2 is 1.85 bits per heavy atom. The highest BCUT2D eigenvalue weighted by molar-refractivity contribution is 9.10. The van der Waals surface area contributed by atoms with Gasteiger partial charge in [-0.15, -0.1) is 0 Å². The molecule has 104 valence electrons. The molecule has 0 amide bonds. The zero-order valence-electron chi connectivity index (χ0n) is 11.4. The fraction of sp³-hybridized carbons (Fsp3) is 0.188. The topological polar surface area (TPSA) is 35.5 Å². The van der Waals surface area contributed by atoms with E-state index in [1.54, 1.807) is 12.1 Å². The van der Waals surface area contributed by atoms with Crippen molar-refractivity contribution in [3.8, 4) is 5.75 Å². The van der Waals surface area contributed by atoms with Crippen molar-refractivity contribution in [3.63, 3.8) is 0 Å². The Morgan fingerprint density at radius 3 is 2.50 bits per heavy atom. The maximum Gasteiger partial charge on any atom is 0.341 e. The van der Waals surface area contributed by atoms with Crippen molar-refractivity contribution in [1.29, 1.82) is 0 Å². The van der Waals surface area contributed by atoms with Crippen LogP contribution in [0.25, 0.3) is 0 Å². The van der Waals surface area contributed by atoms with Crippen LogP contribution >= 0.6 is 15.9 Å². The third kappa shape index (κ3) is 3.61. The van der Waals surface area contributed by atoms with Gasteiger partial charge in [0.1, 0.15) is 17.9 Å². The minimum absolute atomic E-state index is 0.409. The van der Waals surface area contributed by atoms with E-state index < -0.39 is 5.97 Å². The van der Waals surface area contributed by atoms with E-state index in [2.05, 4.69) is 15.9 Å². The third-order valence-electron chi connectivity index (χ3n) is 2.86. The first kappa shape index (κ1) is 14.6. The molecule has 2 aromatic rings. The van der Waals surface area contributed by atoms with E-state index in [4.69, 9.17) is 9.47 Å². The van der Waals surface area contributed by atoms with Gasteiger partial charge in [-0.3, -0.25) is 0 Å². The lowest BCUT2D eigenvalue weighted by Crippen LogP contribution is -2.06. The Kier molecular flexibility index (Phi) is 4.79. The van der Waals surface area contributed by atoms with Crippen LogP contribution in [0.4, 0.5) is 0 Å². The number of aryl methyl sites for hydroxylation is 1. The second-order valence-corrected chi connectivity index (χ2v) is 5.32. The SMILES string of the molecule is COC(=O)c1cc(Br)ccc1OCc1ccc(C)cc1. The Balaban J connectivity index is 2.16. The molecule has 0 bridgehead atoms. The second kappa shape index (κ2) is 6.57. The fourth-order valence-electron chi connectivity index (χ4n) is 1.74. The monoisotopic (exact) mass is 334 g/mol. The van der Waals surface area contributed by atoms with E-state index in [0.717, 1.165) is 10.0 Å². The number of esters is 1. The van der Waals surface area contributed by atoms with Gasteiger partial charge in [0, 0.05) is 4.47 Å². The average Bonchev–Trinajstić information content (AvgIpc) is 2.46. The Labute approximate surface area is 126 Å². The van der Waals surface area contributed by atoms with Crippen LogP contribution in [-0.2, 0) is 11.3 Å². The standard InChI is InChI=1S/C16H15BrO3/c1-11-3-5-12(6-4-11)10-20-15-8-7-13(17)9-14(15)16(18)19-2/h3-9H,10H2,1-2H3. The van der Waals surface area contributed by atoms with Gasteiger partial charge in [-0.1, -0.05) is 45.8 Å². The first-order chi connectivity index (χ1) is 9.60. The molecule has 0 atom stereocenters. The van der Waals surface area contributed by atoms with Crippen LogP contribution in [0.3, 0.4) is 0 Å². The third-order valence-corrected chi connectivity index (χ3v) is 3.36. The largest absolute Gasteiger partial charge is 0.488 e. The van der Waals surface area contributed by atoms with Crippen molar-refractivity contribution < 1.29 is 14.3 Å². The lowest BCUT2D eigenvalue weighted by molar-refractivity contribution is 0.0595. The van der Waals surface area contributed by atoms with Crippen LogP contribution in [0.1, 0.15) is 21.5 Å². The molecular weight excluding hydrogens is 320 g/mol. The second-order valence-electron chi connectivity index (χ2n) is 4.41. The van der Waals surface area contributed by atoms with E-state index in [1.165, 1.54) is 12.7 Å². The number of rotatable bonds is 4. The molecule has 0 N–H and O–H groups in total. The maximum absolute atomic E-state index is 11.7. The van der Waals surface area contributed by atoms with Crippen LogP contribution in [-0.4, -0.2) is 13.1 Å². The zero-order chi connectivity index (χ0) is 14.5. The van der Waals surface area contributed by atoms with Gasteiger partial charge in [-0.2, -0.15) is 0 Å². The van der Waals surface area contributed by atoms with Gasteiger partial charge in [0.25, 0.3) is 0 Å². The molecule has 4 heteroatoms. The lowest BCUT2D eigenvalue weighted by atomic mass is 10.1. The Bertz CT molecular complexity index is 606. The number of carbonyl (C=O) groups is 1. The maximum atomic E-state index is 11.7. The van der Waals surface area contributed by atoms with Crippen molar-refractivity contribution in [2.24, 2.45) is 0 Å². The zero-order valence-corrected chi connectivity index (χ0v) is 12.9. The van der Waals surface area contributed by atoms with Crippen LogP contribution in [0, 0.1) is 6.92 Å². The summed E-state index contributed by atoms with van der Waals surface area (Å²) < 4.78 is 11.3. The normalized spacial score (nSPS) is 10.2. The fourth-order valence-corrected chi connectivity index (χ4v) is 2.10. The van der Waals surface area contributed by atoms with Crippen LogP contribution < -0.4 is 4.74 Å². The van der Waals surface area contributed by atoms with Crippen molar-refractivity contribution in [1.82, 2.24) is 0 Å². The minimum Gasteiger partial charge on any atom is -0.488 e. The highest BCUT2D eigenvalue weighted by Crippen LogP contribution is 2.24. The molecular formula is C16H15BrO3. The molecule has 0 saturated carbocycles. The smallest absolute Gasteiger partial charge is 0.341 e. The highest BCUT2D eigenvalue weighted by atomic mass is 79.9.